The van der Waals surface area contributed by atoms with Crippen LogP contribution < -0.4 is 0 Å². The van der Waals surface area contributed by atoms with Crippen LogP contribution in [0.15, 0.2) is 0 Å². The van der Waals surface area contributed by atoms with Crippen molar-refractivity contribution in [2.24, 2.45) is 28.6 Å². The van der Waals surface area contributed by atoms with Gasteiger partial charge < -0.3 is 0 Å². The van der Waals surface area contributed by atoms with Crippen LogP contribution in [0.5, 0.6) is 0 Å². The minimum Gasteiger partial charge on any atom is -0.0922 e. The third-order valence-corrected chi connectivity index (χ3v) is 6.70. The molecule has 2 bridgehead atoms. The molecule has 0 aromatic carbocycles. The fraction of sp³-hybridized carbons (Fsp3) is 1.00. The first-order valence-corrected chi connectivity index (χ1v) is 7.55. The highest BCUT2D eigenvalue weighted by Gasteiger charge is 2.54. The maximum atomic E-state index is 3.66. The van der Waals surface area contributed by atoms with E-state index in [-0.39, 0.29) is 0 Å². The van der Waals surface area contributed by atoms with Gasteiger partial charge in [0.1, 0.15) is 0 Å². The Morgan fingerprint density at radius 1 is 1.27 bits per heavy atom. The van der Waals surface area contributed by atoms with E-state index in [1.807, 2.05) is 0 Å². The van der Waals surface area contributed by atoms with Crippen molar-refractivity contribution in [1.29, 1.82) is 0 Å². The Kier molecular flexibility index (Phi) is 2.99. The lowest BCUT2D eigenvalue weighted by Crippen LogP contribution is -2.53. The molecule has 3 atom stereocenters. The Morgan fingerprint density at radius 3 is 2.40 bits per heavy atom. The molecule has 15 heavy (non-hydrogen) atoms. The Hall–Kier alpha value is 0.480. The van der Waals surface area contributed by atoms with Crippen LogP contribution in [0.25, 0.3) is 0 Å². The zero-order valence-electron chi connectivity index (χ0n) is 10.6. The predicted molar refractivity (Wildman–Crippen MR) is 70.3 cm³/mol. The molecule has 3 rings (SSSR count). The lowest BCUT2D eigenvalue weighted by Gasteiger charge is -2.61. The van der Waals surface area contributed by atoms with Gasteiger partial charge in [-0.05, 0) is 54.3 Å². The number of hydrogen-bond donors (Lipinski definition) is 0. The second kappa shape index (κ2) is 3.75. The Balaban J connectivity index is 2.00. The van der Waals surface area contributed by atoms with E-state index >= 15 is 0 Å². The van der Waals surface area contributed by atoms with Crippen LogP contribution in [0.1, 0.15) is 53.4 Å². The van der Waals surface area contributed by atoms with Gasteiger partial charge in [-0.3, -0.25) is 0 Å². The topological polar surface area (TPSA) is 0 Å². The Labute approximate surface area is 103 Å². The summed E-state index contributed by atoms with van der Waals surface area (Å²) >= 11 is 3.66. The zero-order chi connectivity index (χ0) is 11.3. The molecule has 0 amide bonds. The SMILES string of the molecule is CC(C)(CBr)CC1CCC2CC1C2(C)C. The van der Waals surface area contributed by atoms with Crippen molar-refractivity contribution in [1.82, 2.24) is 0 Å². The van der Waals surface area contributed by atoms with E-state index in [4.69, 9.17) is 0 Å². The van der Waals surface area contributed by atoms with Crippen LogP contribution in [0, 0.1) is 28.6 Å². The van der Waals surface area contributed by atoms with E-state index in [1.54, 1.807) is 0 Å². The summed E-state index contributed by atoms with van der Waals surface area (Å²) in [7, 11) is 0. The molecule has 0 spiro atoms. The first kappa shape index (κ1) is 12.0. The standard InChI is InChI=1S/C14H25Br/c1-13(2,9-15)8-10-5-6-11-7-12(10)14(11,3)4/h10-12H,5-9H2,1-4H3. The molecule has 0 aromatic heterocycles. The summed E-state index contributed by atoms with van der Waals surface area (Å²) in [6, 6.07) is 0. The van der Waals surface area contributed by atoms with Crippen LogP contribution in [-0.4, -0.2) is 5.33 Å². The molecular formula is C14H25Br. The first-order chi connectivity index (χ1) is 6.87. The van der Waals surface area contributed by atoms with Crippen molar-refractivity contribution in [2.45, 2.75) is 53.4 Å². The van der Waals surface area contributed by atoms with Crippen molar-refractivity contribution in [2.75, 3.05) is 5.33 Å². The maximum Gasteiger partial charge on any atom is 0.00827 e. The quantitative estimate of drug-likeness (QED) is 0.643. The van der Waals surface area contributed by atoms with Crippen LogP contribution in [0.3, 0.4) is 0 Å². The monoisotopic (exact) mass is 272 g/mol. The van der Waals surface area contributed by atoms with Gasteiger partial charge in [-0.25, -0.2) is 0 Å². The highest BCUT2D eigenvalue weighted by atomic mass is 79.9. The highest BCUT2D eigenvalue weighted by molar-refractivity contribution is 9.09. The van der Waals surface area contributed by atoms with Crippen molar-refractivity contribution in [3.8, 4) is 0 Å². The maximum absolute atomic E-state index is 3.66. The average Bonchev–Trinajstić information content (AvgIpc) is 2.17. The molecular weight excluding hydrogens is 248 g/mol. The second-order valence-electron chi connectivity index (χ2n) is 7.20. The van der Waals surface area contributed by atoms with E-state index in [9.17, 15) is 0 Å². The summed E-state index contributed by atoms with van der Waals surface area (Å²) < 4.78 is 0. The van der Waals surface area contributed by atoms with E-state index in [0.29, 0.717) is 10.8 Å². The number of alkyl halides is 1. The molecule has 0 aliphatic heterocycles. The van der Waals surface area contributed by atoms with Crippen LogP contribution >= 0.6 is 15.9 Å². The minimum absolute atomic E-state index is 0.489. The van der Waals surface area contributed by atoms with Gasteiger partial charge in [0.2, 0.25) is 0 Å². The lowest BCUT2D eigenvalue weighted by atomic mass is 9.44. The van der Waals surface area contributed by atoms with Gasteiger partial charge in [-0.2, -0.15) is 0 Å². The molecule has 0 heterocycles. The van der Waals surface area contributed by atoms with Crippen molar-refractivity contribution >= 4 is 15.9 Å². The Bertz CT molecular complexity index is 240. The van der Waals surface area contributed by atoms with E-state index in [1.165, 1.54) is 25.7 Å². The minimum atomic E-state index is 0.489. The van der Waals surface area contributed by atoms with Gasteiger partial charge in [0, 0.05) is 5.33 Å². The van der Waals surface area contributed by atoms with Crippen LogP contribution in [-0.2, 0) is 0 Å². The second-order valence-corrected chi connectivity index (χ2v) is 7.76. The van der Waals surface area contributed by atoms with Crippen molar-refractivity contribution in [3.63, 3.8) is 0 Å². The molecule has 0 aromatic rings. The van der Waals surface area contributed by atoms with E-state index < -0.39 is 0 Å². The molecule has 0 radical (unpaired) electrons. The third-order valence-electron chi connectivity index (χ3n) is 5.18. The van der Waals surface area contributed by atoms with E-state index in [2.05, 4.69) is 43.6 Å². The fourth-order valence-electron chi connectivity index (χ4n) is 3.97. The number of halogens is 1. The molecule has 3 aliphatic carbocycles. The summed E-state index contributed by atoms with van der Waals surface area (Å²) in [6.45, 7) is 9.80. The summed E-state index contributed by atoms with van der Waals surface area (Å²) in [4.78, 5) is 0. The fourth-order valence-corrected chi connectivity index (χ4v) is 4.20. The Morgan fingerprint density at radius 2 is 1.93 bits per heavy atom. The molecule has 0 nitrogen and oxygen atoms in total. The molecule has 3 fully saturated rings. The van der Waals surface area contributed by atoms with Gasteiger partial charge in [0.05, 0.1) is 0 Å². The first-order valence-electron chi connectivity index (χ1n) is 6.43. The van der Waals surface area contributed by atoms with Gasteiger partial charge >= 0.3 is 0 Å². The normalized spacial score (nSPS) is 38.6. The van der Waals surface area contributed by atoms with Gasteiger partial charge in [-0.15, -0.1) is 0 Å². The summed E-state index contributed by atoms with van der Waals surface area (Å²) in [5, 5.41) is 1.15. The summed E-state index contributed by atoms with van der Waals surface area (Å²) in [5.41, 5.74) is 1.15. The molecule has 3 unspecified atom stereocenters. The van der Waals surface area contributed by atoms with E-state index in [0.717, 1.165) is 23.1 Å². The third kappa shape index (κ3) is 2.01. The zero-order valence-corrected chi connectivity index (χ0v) is 12.2. The molecule has 3 saturated carbocycles. The summed E-state index contributed by atoms with van der Waals surface area (Å²) in [6.07, 6.45) is 5.93. The number of hydrogen-bond acceptors (Lipinski definition) is 0. The molecule has 3 aliphatic rings. The average molecular weight is 273 g/mol. The van der Waals surface area contributed by atoms with Crippen LogP contribution in [0.4, 0.5) is 0 Å². The molecule has 88 valence electrons. The molecule has 0 N–H and O–H groups in total. The number of rotatable bonds is 3. The smallest absolute Gasteiger partial charge is 0.00827 e. The van der Waals surface area contributed by atoms with Gasteiger partial charge in [-0.1, -0.05) is 43.6 Å². The molecule has 0 saturated heterocycles. The van der Waals surface area contributed by atoms with Crippen molar-refractivity contribution in [3.05, 3.63) is 0 Å². The lowest BCUT2D eigenvalue weighted by molar-refractivity contribution is -0.113. The highest BCUT2D eigenvalue weighted by Crippen LogP contribution is 2.62. The predicted octanol–water partition coefficient (Wildman–Crippen LogP) is 4.87. The van der Waals surface area contributed by atoms with Gasteiger partial charge in [0.15, 0.2) is 0 Å². The van der Waals surface area contributed by atoms with Crippen molar-refractivity contribution < 1.29 is 0 Å². The largest absolute Gasteiger partial charge is 0.0922 e. The summed E-state index contributed by atoms with van der Waals surface area (Å²) in [5.74, 6) is 3.07. The number of fused-ring (bicyclic) bond motifs is 2. The van der Waals surface area contributed by atoms with Gasteiger partial charge in [0.25, 0.3) is 0 Å². The molecule has 1 heteroatoms. The van der Waals surface area contributed by atoms with Crippen LogP contribution in [0.2, 0.25) is 0 Å².